The number of ether oxygens (including phenoxy) is 1. The Bertz CT molecular complexity index is 552. The van der Waals surface area contributed by atoms with Gasteiger partial charge in [-0.2, -0.15) is 0 Å². The van der Waals surface area contributed by atoms with Gasteiger partial charge in [-0.3, -0.25) is 9.59 Å². The van der Waals surface area contributed by atoms with Crippen LogP contribution in [0, 0.1) is 0 Å². The monoisotopic (exact) mass is 292 g/mol. The van der Waals surface area contributed by atoms with Crippen molar-refractivity contribution in [1.82, 2.24) is 4.90 Å². The van der Waals surface area contributed by atoms with E-state index in [1.165, 1.54) is 6.07 Å². The molecule has 108 valence electrons. The van der Waals surface area contributed by atoms with Crippen molar-refractivity contribution in [2.24, 2.45) is 0 Å². The Morgan fingerprint density at radius 2 is 1.80 bits per heavy atom. The van der Waals surface area contributed by atoms with Gasteiger partial charge in [0, 0.05) is 20.4 Å². The van der Waals surface area contributed by atoms with Gasteiger partial charge in [0.25, 0.3) is 11.8 Å². The van der Waals surface area contributed by atoms with E-state index in [0.717, 1.165) is 10.9 Å². The van der Waals surface area contributed by atoms with Crippen molar-refractivity contribution in [3.63, 3.8) is 0 Å². The van der Waals surface area contributed by atoms with Crippen molar-refractivity contribution in [1.29, 1.82) is 0 Å². The third-order valence-electron chi connectivity index (χ3n) is 3.21. The van der Waals surface area contributed by atoms with Gasteiger partial charge in [0.1, 0.15) is 6.73 Å². The number of amides is 2. The van der Waals surface area contributed by atoms with Crippen molar-refractivity contribution < 1.29 is 14.3 Å². The molecule has 1 heterocycles. The lowest BCUT2D eigenvalue weighted by Crippen LogP contribution is -2.33. The van der Waals surface area contributed by atoms with Crippen LogP contribution in [0.15, 0.2) is 18.2 Å². The fourth-order valence-electron chi connectivity index (χ4n) is 1.96. The summed E-state index contributed by atoms with van der Waals surface area (Å²) in [5, 5.41) is 0. The Hall–Kier alpha value is -1.66. The van der Waals surface area contributed by atoms with E-state index >= 15 is 0 Å². The summed E-state index contributed by atoms with van der Waals surface area (Å²) in [6.07, 6.45) is 0. The van der Waals surface area contributed by atoms with Gasteiger partial charge in [-0.1, -0.05) is 19.6 Å². The standard InChI is InChI=1S/C14H20N2O3Si/c1-20(2,3)7-6-19-9-16-13(17)11-5-4-10(15)8-12(11)14(16)18/h4-5,8H,6-7,9,15H2,1-3H3. The molecule has 0 radical (unpaired) electrons. The minimum Gasteiger partial charge on any atom is -0.399 e. The fraction of sp³-hybridized carbons (Fsp3) is 0.429. The first kappa shape index (κ1) is 14.7. The lowest BCUT2D eigenvalue weighted by Gasteiger charge is -2.18. The quantitative estimate of drug-likeness (QED) is 0.391. The lowest BCUT2D eigenvalue weighted by molar-refractivity contribution is 0.0288. The molecule has 0 fully saturated rings. The largest absolute Gasteiger partial charge is 0.399 e. The van der Waals surface area contributed by atoms with E-state index in [1.807, 2.05) is 0 Å². The highest BCUT2D eigenvalue weighted by Crippen LogP contribution is 2.24. The molecular formula is C14H20N2O3Si. The minimum absolute atomic E-state index is 0.0106. The summed E-state index contributed by atoms with van der Waals surface area (Å²) in [4.78, 5) is 25.4. The zero-order valence-electron chi connectivity index (χ0n) is 12.1. The number of nitrogens with zero attached hydrogens (tertiary/aromatic N) is 1. The van der Waals surface area contributed by atoms with Crippen LogP contribution in [0.5, 0.6) is 0 Å². The van der Waals surface area contributed by atoms with Crippen molar-refractivity contribution in [2.45, 2.75) is 25.7 Å². The molecule has 0 bridgehead atoms. The number of hydrogen-bond acceptors (Lipinski definition) is 4. The predicted octanol–water partition coefficient (Wildman–Crippen LogP) is 2.18. The number of hydrogen-bond donors (Lipinski definition) is 1. The summed E-state index contributed by atoms with van der Waals surface area (Å²) >= 11 is 0. The SMILES string of the molecule is C[Si](C)(C)CCOCN1C(=O)c2ccc(N)cc2C1=O. The number of anilines is 1. The molecule has 1 aromatic rings. The number of benzene rings is 1. The van der Waals surface area contributed by atoms with Crippen molar-refractivity contribution in [2.75, 3.05) is 19.1 Å². The maximum atomic E-state index is 12.1. The highest BCUT2D eigenvalue weighted by molar-refractivity contribution is 6.76. The third kappa shape index (κ3) is 3.08. The molecule has 0 unspecified atom stereocenters. The van der Waals surface area contributed by atoms with Crippen molar-refractivity contribution in [3.05, 3.63) is 29.3 Å². The molecule has 2 amide bonds. The van der Waals surface area contributed by atoms with Crippen LogP contribution in [-0.2, 0) is 4.74 Å². The van der Waals surface area contributed by atoms with Crippen LogP contribution in [0.1, 0.15) is 20.7 Å². The first-order valence-electron chi connectivity index (χ1n) is 6.63. The van der Waals surface area contributed by atoms with Crippen molar-refractivity contribution >= 4 is 25.6 Å². The van der Waals surface area contributed by atoms with Crippen LogP contribution in [0.25, 0.3) is 0 Å². The molecule has 1 aromatic carbocycles. The Morgan fingerprint density at radius 3 is 2.45 bits per heavy atom. The Labute approximate surface area is 119 Å². The molecule has 2 N–H and O–H groups in total. The van der Waals surface area contributed by atoms with E-state index in [2.05, 4.69) is 19.6 Å². The molecule has 0 aliphatic carbocycles. The van der Waals surface area contributed by atoms with Crippen molar-refractivity contribution in [3.8, 4) is 0 Å². The van der Waals surface area contributed by atoms with E-state index in [-0.39, 0.29) is 18.5 Å². The van der Waals surface area contributed by atoms with E-state index < -0.39 is 8.07 Å². The van der Waals surface area contributed by atoms with Gasteiger partial charge < -0.3 is 10.5 Å². The maximum absolute atomic E-state index is 12.1. The Balaban J connectivity index is 1.99. The molecular weight excluding hydrogens is 272 g/mol. The second-order valence-corrected chi connectivity index (χ2v) is 11.8. The smallest absolute Gasteiger partial charge is 0.263 e. The number of carbonyl (C=O) groups is 2. The predicted molar refractivity (Wildman–Crippen MR) is 80.3 cm³/mol. The molecule has 5 nitrogen and oxygen atoms in total. The van der Waals surface area contributed by atoms with Gasteiger partial charge in [-0.15, -0.1) is 0 Å². The van der Waals surface area contributed by atoms with Crippen LogP contribution in [0.4, 0.5) is 5.69 Å². The van der Waals surface area contributed by atoms with Crippen LogP contribution in [0.2, 0.25) is 25.7 Å². The third-order valence-corrected chi connectivity index (χ3v) is 4.92. The first-order valence-corrected chi connectivity index (χ1v) is 10.3. The summed E-state index contributed by atoms with van der Waals surface area (Å²) in [6.45, 7) is 7.34. The van der Waals surface area contributed by atoms with E-state index in [4.69, 9.17) is 10.5 Å². The number of rotatable bonds is 5. The molecule has 0 atom stereocenters. The Kier molecular flexibility index (Phi) is 3.96. The van der Waals surface area contributed by atoms with Gasteiger partial charge in [-0.05, 0) is 24.2 Å². The highest BCUT2D eigenvalue weighted by Gasteiger charge is 2.35. The van der Waals surface area contributed by atoms with Gasteiger partial charge in [0.2, 0.25) is 0 Å². The van der Waals surface area contributed by atoms with Crippen LogP contribution in [-0.4, -0.2) is 38.1 Å². The summed E-state index contributed by atoms with van der Waals surface area (Å²) in [5.41, 5.74) is 6.89. The fourth-order valence-corrected chi connectivity index (χ4v) is 2.72. The average molecular weight is 292 g/mol. The van der Waals surface area contributed by atoms with Gasteiger partial charge in [-0.25, -0.2) is 4.90 Å². The minimum atomic E-state index is -1.17. The first-order chi connectivity index (χ1) is 9.29. The second kappa shape index (κ2) is 5.38. The molecule has 0 spiro atoms. The van der Waals surface area contributed by atoms with Gasteiger partial charge >= 0.3 is 0 Å². The molecule has 0 saturated carbocycles. The normalized spacial score (nSPS) is 14.8. The zero-order chi connectivity index (χ0) is 14.9. The molecule has 1 aliphatic heterocycles. The average Bonchev–Trinajstić information content (AvgIpc) is 2.57. The molecule has 6 heteroatoms. The zero-order valence-corrected chi connectivity index (χ0v) is 13.1. The number of nitrogen functional groups attached to an aromatic ring is 1. The van der Waals surface area contributed by atoms with E-state index in [1.54, 1.807) is 12.1 Å². The van der Waals surface area contributed by atoms with Crippen LogP contribution < -0.4 is 5.73 Å². The second-order valence-electron chi connectivity index (χ2n) is 6.19. The summed E-state index contributed by atoms with van der Waals surface area (Å²) in [6, 6.07) is 5.76. The molecule has 0 saturated heterocycles. The number of carbonyl (C=O) groups excluding carboxylic acids is 2. The van der Waals surface area contributed by atoms with Gasteiger partial charge in [0.15, 0.2) is 0 Å². The number of imide groups is 1. The maximum Gasteiger partial charge on any atom is 0.263 e. The van der Waals surface area contributed by atoms with Crippen LogP contribution >= 0.6 is 0 Å². The summed E-state index contributed by atoms with van der Waals surface area (Å²) in [7, 11) is -1.17. The number of fused-ring (bicyclic) bond motifs is 1. The number of nitrogens with two attached hydrogens (primary N) is 1. The van der Waals surface area contributed by atoms with E-state index in [0.29, 0.717) is 23.4 Å². The molecule has 20 heavy (non-hydrogen) atoms. The summed E-state index contributed by atoms with van der Waals surface area (Å²) < 4.78 is 5.48. The van der Waals surface area contributed by atoms with Gasteiger partial charge in [0.05, 0.1) is 11.1 Å². The molecule has 1 aliphatic rings. The summed E-state index contributed by atoms with van der Waals surface area (Å²) in [5.74, 6) is -0.636. The lowest BCUT2D eigenvalue weighted by atomic mass is 10.1. The van der Waals surface area contributed by atoms with E-state index in [9.17, 15) is 9.59 Å². The van der Waals surface area contributed by atoms with Crippen LogP contribution in [0.3, 0.4) is 0 Å². The Morgan fingerprint density at radius 1 is 1.15 bits per heavy atom. The molecule has 0 aromatic heterocycles. The topological polar surface area (TPSA) is 72.6 Å². The molecule has 2 rings (SSSR count). The highest BCUT2D eigenvalue weighted by atomic mass is 28.3.